The summed E-state index contributed by atoms with van der Waals surface area (Å²) in [6.45, 7) is 0. The van der Waals surface area contributed by atoms with Gasteiger partial charge in [0.2, 0.25) is 0 Å². The smallest absolute Gasteiger partial charge is 0.144 e. The highest BCUT2D eigenvalue weighted by atomic mass is 79.9. The Kier molecular flexibility index (Phi) is 3.12. The largest absolute Gasteiger partial charge is 0.455 e. The molecule has 0 N–H and O–H groups in total. The molecule has 0 saturated heterocycles. The summed E-state index contributed by atoms with van der Waals surface area (Å²) >= 11 is 7.30. The minimum absolute atomic E-state index is 0.914. The predicted molar refractivity (Wildman–Crippen MR) is 94.6 cm³/mol. The first kappa shape index (κ1) is 13.1. The SMILES string of the molecule is Brc1ccccc1-c1c(Br)ccc2c1oc1ccccc12. The molecule has 1 heterocycles. The first-order valence-corrected chi connectivity index (χ1v) is 8.19. The highest BCUT2D eigenvalue weighted by Gasteiger charge is 2.16. The lowest BCUT2D eigenvalue weighted by atomic mass is 10.0. The van der Waals surface area contributed by atoms with Crippen LogP contribution >= 0.6 is 31.9 Å². The number of rotatable bonds is 1. The molecule has 0 amide bonds. The number of benzene rings is 3. The molecule has 102 valence electrons. The summed E-state index contributed by atoms with van der Waals surface area (Å²) in [4.78, 5) is 0. The average molecular weight is 402 g/mol. The summed E-state index contributed by atoms with van der Waals surface area (Å²) in [7, 11) is 0. The monoisotopic (exact) mass is 400 g/mol. The highest BCUT2D eigenvalue weighted by Crippen LogP contribution is 2.42. The Hall–Kier alpha value is -1.58. The minimum atomic E-state index is 0.914. The number of fused-ring (bicyclic) bond motifs is 3. The number of hydrogen-bond donors (Lipinski definition) is 0. The zero-order chi connectivity index (χ0) is 14.4. The van der Waals surface area contributed by atoms with E-state index in [0.717, 1.165) is 42.0 Å². The van der Waals surface area contributed by atoms with E-state index in [1.54, 1.807) is 0 Å². The van der Waals surface area contributed by atoms with Crippen LogP contribution < -0.4 is 0 Å². The van der Waals surface area contributed by atoms with Crippen molar-refractivity contribution in [1.82, 2.24) is 0 Å². The van der Waals surface area contributed by atoms with Crippen LogP contribution in [0.1, 0.15) is 0 Å². The molecule has 0 saturated carbocycles. The fourth-order valence-electron chi connectivity index (χ4n) is 2.68. The molecule has 0 aliphatic heterocycles. The standard InChI is InChI=1S/C18H10Br2O/c19-14-7-3-1-6-13(14)17-15(20)10-9-12-11-5-2-4-8-16(11)21-18(12)17/h1-10H. The molecule has 3 aromatic carbocycles. The molecule has 3 heteroatoms. The van der Waals surface area contributed by atoms with Crippen LogP contribution in [0.2, 0.25) is 0 Å². The molecule has 0 aliphatic carbocycles. The lowest BCUT2D eigenvalue weighted by molar-refractivity contribution is 0.670. The van der Waals surface area contributed by atoms with Crippen LogP contribution in [0.4, 0.5) is 0 Å². The van der Waals surface area contributed by atoms with Crippen molar-refractivity contribution in [1.29, 1.82) is 0 Å². The van der Waals surface area contributed by atoms with Crippen molar-refractivity contribution in [3.8, 4) is 11.1 Å². The van der Waals surface area contributed by atoms with E-state index in [0.29, 0.717) is 0 Å². The quantitative estimate of drug-likeness (QED) is 0.342. The number of halogens is 2. The van der Waals surface area contributed by atoms with E-state index >= 15 is 0 Å². The van der Waals surface area contributed by atoms with Crippen LogP contribution in [0, 0.1) is 0 Å². The number of furan rings is 1. The average Bonchev–Trinajstić information content (AvgIpc) is 2.87. The maximum absolute atomic E-state index is 6.12. The van der Waals surface area contributed by atoms with Crippen LogP contribution in [0.25, 0.3) is 33.1 Å². The van der Waals surface area contributed by atoms with Crippen molar-refractivity contribution in [3.05, 3.63) is 69.6 Å². The zero-order valence-corrected chi connectivity index (χ0v) is 14.1. The van der Waals surface area contributed by atoms with Crippen molar-refractivity contribution < 1.29 is 4.42 Å². The fraction of sp³-hybridized carbons (Fsp3) is 0. The van der Waals surface area contributed by atoms with E-state index in [2.05, 4.69) is 56.1 Å². The van der Waals surface area contributed by atoms with Gasteiger partial charge in [-0.3, -0.25) is 0 Å². The number of para-hydroxylation sites is 1. The normalized spacial score (nSPS) is 11.3. The van der Waals surface area contributed by atoms with Crippen molar-refractivity contribution in [2.45, 2.75) is 0 Å². The van der Waals surface area contributed by atoms with Gasteiger partial charge in [0, 0.05) is 30.8 Å². The Morgan fingerprint density at radius 1 is 0.667 bits per heavy atom. The van der Waals surface area contributed by atoms with Gasteiger partial charge in [0.15, 0.2) is 0 Å². The van der Waals surface area contributed by atoms with Gasteiger partial charge < -0.3 is 4.42 Å². The molecular weight excluding hydrogens is 392 g/mol. The molecular formula is C18H10Br2O. The van der Waals surface area contributed by atoms with Gasteiger partial charge in [0.25, 0.3) is 0 Å². The first-order chi connectivity index (χ1) is 10.3. The number of hydrogen-bond acceptors (Lipinski definition) is 1. The summed E-state index contributed by atoms with van der Waals surface area (Å²) in [5.74, 6) is 0. The van der Waals surface area contributed by atoms with Gasteiger partial charge >= 0.3 is 0 Å². The van der Waals surface area contributed by atoms with Crippen LogP contribution in [0.3, 0.4) is 0 Å². The second-order valence-corrected chi connectivity index (χ2v) is 6.59. The van der Waals surface area contributed by atoms with E-state index in [4.69, 9.17) is 4.42 Å². The summed E-state index contributed by atoms with van der Waals surface area (Å²) in [5.41, 5.74) is 4.03. The Balaban J connectivity index is 2.18. The molecule has 0 spiro atoms. The third-order valence-corrected chi connectivity index (χ3v) is 4.99. The molecule has 0 unspecified atom stereocenters. The van der Waals surface area contributed by atoms with Gasteiger partial charge in [0.1, 0.15) is 11.2 Å². The van der Waals surface area contributed by atoms with Crippen molar-refractivity contribution in [2.24, 2.45) is 0 Å². The molecule has 0 bridgehead atoms. The molecule has 0 aliphatic rings. The van der Waals surface area contributed by atoms with E-state index in [9.17, 15) is 0 Å². The van der Waals surface area contributed by atoms with Crippen LogP contribution in [0.5, 0.6) is 0 Å². The minimum Gasteiger partial charge on any atom is -0.455 e. The maximum atomic E-state index is 6.12. The lowest BCUT2D eigenvalue weighted by Crippen LogP contribution is -1.83. The molecule has 4 rings (SSSR count). The van der Waals surface area contributed by atoms with Crippen LogP contribution in [-0.4, -0.2) is 0 Å². The Morgan fingerprint density at radius 3 is 2.29 bits per heavy atom. The summed E-state index contributed by atoms with van der Waals surface area (Å²) in [5, 5.41) is 2.29. The van der Waals surface area contributed by atoms with Crippen LogP contribution in [-0.2, 0) is 0 Å². The summed E-state index contributed by atoms with van der Waals surface area (Å²) < 4.78 is 8.21. The first-order valence-electron chi connectivity index (χ1n) is 6.60. The molecule has 1 aromatic heterocycles. The molecule has 0 atom stereocenters. The van der Waals surface area contributed by atoms with Crippen molar-refractivity contribution >= 4 is 53.8 Å². The molecule has 21 heavy (non-hydrogen) atoms. The Labute approximate surface area is 138 Å². The third kappa shape index (κ3) is 2.03. The maximum Gasteiger partial charge on any atom is 0.144 e. The molecule has 4 aromatic rings. The van der Waals surface area contributed by atoms with E-state index in [1.807, 2.05) is 36.4 Å². The molecule has 0 radical (unpaired) electrons. The van der Waals surface area contributed by atoms with Gasteiger partial charge in [-0.25, -0.2) is 0 Å². The molecule has 0 fully saturated rings. The van der Waals surface area contributed by atoms with Gasteiger partial charge in [-0.1, -0.05) is 68.3 Å². The van der Waals surface area contributed by atoms with E-state index in [-0.39, 0.29) is 0 Å². The third-order valence-electron chi connectivity index (χ3n) is 3.64. The zero-order valence-electron chi connectivity index (χ0n) is 10.9. The van der Waals surface area contributed by atoms with Crippen molar-refractivity contribution in [3.63, 3.8) is 0 Å². The van der Waals surface area contributed by atoms with Crippen molar-refractivity contribution in [2.75, 3.05) is 0 Å². The summed E-state index contributed by atoms with van der Waals surface area (Å²) in [6.07, 6.45) is 0. The van der Waals surface area contributed by atoms with E-state index < -0.39 is 0 Å². The molecule has 1 nitrogen and oxygen atoms in total. The van der Waals surface area contributed by atoms with E-state index in [1.165, 1.54) is 0 Å². The van der Waals surface area contributed by atoms with Crippen LogP contribution in [0.15, 0.2) is 74.0 Å². The Morgan fingerprint density at radius 2 is 1.43 bits per heavy atom. The fourth-order valence-corrected chi connectivity index (χ4v) is 3.69. The lowest BCUT2D eigenvalue weighted by Gasteiger charge is -2.07. The second kappa shape index (κ2) is 5.00. The Bertz CT molecular complexity index is 969. The van der Waals surface area contributed by atoms with Gasteiger partial charge in [0.05, 0.1) is 0 Å². The van der Waals surface area contributed by atoms with Gasteiger partial charge in [-0.15, -0.1) is 0 Å². The second-order valence-electron chi connectivity index (χ2n) is 4.88. The topological polar surface area (TPSA) is 13.1 Å². The highest BCUT2D eigenvalue weighted by molar-refractivity contribution is 9.11. The van der Waals surface area contributed by atoms with Gasteiger partial charge in [-0.2, -0.15) is 0 Å². The predicted octanol–water partition coefficient (Wildman–Crippen LogP) is 6.78. The van der Waals surface area contributed by atoms with Gasteiger partial charge in [-0.05, 0) is 24.3 Å². The summed E-state index contributed by atoms with van der Waals surface area (Å²) in [6, 6.07) is 20.5.